The lowest BCUT2D eigenvalue weighted by atomic mass is 10.1. The average Bonchev–Trinajstić information content (AvgIpc) is 2.81. The zero-order valence-corrected chi connectivity index (χ0v) is 14.7. The monoisotopic (exact) mass is 382 g/mol. The minimum absolute atomic E-state index is 0.0469. The summed E-state index contributed by atoms with van der Waals surface area (Å²) in [4.78, 5) is 52.3. The van der Waals surface area contributed by atoms with Crippen LogP contribution in [-0.4, -0.2) is 72.0 Å². The van der Waals surface area contributed by atoms with Gasteiger partial charge in [0, 0.05) is 18.7 Å². The van der Waals surface area contributed by atoms with Crippen LogP contribution in [0.15, 0.2) is 12.1 Å². The number of hydrogen-bond donors (Lipinski definition) is 0. The maximum Gasteiger partial charge on any atom is 0.311 e. The predicted octanol–water partition coefficient (Wildman–Crippen LogP) is 0.730. The molecule has 0 aromatic heterocycles. The normalized spacial score (nSPS) is 13.1. The molecule has 1 aromatic rings. The Morgan fingerprint density at radius 2 is 1.70 bits per heavy atom. The Bertz CT molecular complexity index is 779. The average molecular weight is 382 g/mol. The van der Waals surface area contributed by atoms with Crippen LogP contribution in [0.4, 0.5) is 5.69 Å². The first-order valence-electron chi connectivity index (χ1n) is 7.95. The number of benzene rings is 1. The van der Waals surface area contributed by atoms with Crippen LogP contribution in [0.1, 0.15) is 27.1 Å². The van der Waals surface area contributed by atoms with Gasteiger partial charge in [-0.3, -0.25) is 24.6 Å². The Labute approximate surface area is 153 Å². The van der Waals surface area contributed by atoms with Gasteiger partial charge in [0.25, 0.3) is 16.9 Å². The molecule has 12 nitrogen and oxygen atoms in total. The van der Waals surface area contributed by atoms with Crippen molar-refractivity contribution in [3.05, 3.63) is 43.5 Å². The number of fused-ring (bicyclic) bond motifs is 1. The van der Waals surface area contributed by atoms with Gasteiger partial charge in [0.15, 0.2) is 5.75 Å². The summed E-state index contributed by atoms with van der Waals surface area (Å²) in [5.74, 6) is -1.60. The number of nitro benzene ring substituents is 1. The Hall–Kier alpha value is -3.28. The second-order valence-corrected chi connectivity index (χ2v) is 5.95. The van der Waals surface area contributed by atoms with Crippen LogP contribution in [0.25, 0.3) is 0 Å². The van der Waals surface area contributed by atoms with E-state index in [1.165, 1.54) is 0 Å². The van der Waals surface area contributed by atoms with Crippen LogP contribution in [0.2, 0.25) is 0 Å². The molecule has 2 amide bonds. The lowest BCUT2D eigenvalue weighted by molar-refractivity contribution is -0.757. The molecule has 0 atom stereocenters. The van der Waals surface area contributed by atoms with Gasteiger partial charge in [0.2, 0.25) is 0 Å². The molecule has 0 N–H and O–H groups in total. The summed E-state index contributed by atoms with van der Waals surface area (Å²) in [6.45, 7) is 0.0648. The van der Waals surface area contributed by atoms with Gasteiger partial charge in [0.1, 0.15) is 6.61 Å². The highest BCUT2D eigenvalue weighted by Crippen LogP contribution is 2.35. The fourth-order valence-electron chi connectivity index (χ4n) is 2.54. The number of imide groups is 1. The van der Waals surface area contributed by atoms with Crippen LogP contribution in [0.3, 0.4) is 0 Å². The lowest BCUT2D eigenvalue weighted by Crippen LogP contribution is -2.33. The van der Waals surface area contributed by atoms with E-state index < -0.39 is 34.1 Å². The van der Waals surface area contributed by atoms with Crippen LogP contribution >= 0.6 is 0 Å². The summed E-state index contributed by atoms with van der Waals surface area (Å²) in [5, 5.41) is 20.4. The standard InChI is InChI=1S/C15H18N4O8/c1-16(2)4-3-6-26-13-9-11-10(8-12(13)18(22)23)14(20)17(15(11)21)5-7-27-19(24)25/h8-9H,3-7H2,1-2H3. The van der Waals surface area contributed by atoms with Crippen molar-refractivity contribution in [2.75, 3.05) is 40.4 Å². The molecule has 1 aliphatic rings. The molecule has 0 bridgehead atoms. The molecule has 0 radical (unpaired) electrons. The summed E-state index contributed by atoms with van der Waals surface area (Å²) in [5.41, 5.74) is -0.620. The summed E-state index contributed by atoms with van der Waals surface area (Å²) in [7, 11) is 3.75. The van der Waals surface area contributed by atoms with Crippen LogP contribution in [0.5, 0.6) is 5.75 Å². The van der Waals surface area contributed by atoms with E-state index in [-0.39, 0.29) is 30.0 Å². The van der Waals surface area contributed by atoms with E-state index in [9.17, 15) is 29.8 Å². The molecule has 2 rings (SSSR count). The number of amides is 2. The maximum absolute atomic E-state index is 12.4. The first-order chi connectivity index (χ1) is 12.7. The van der Waals surface area contributed by atoms with Crippen molar-refractivity contribution in [3.63, 3.8) is 0 Å². The van der Waals surface area contributed by atoms with Crippen molar-refractivity contribution < 1.29 is 29.2 Å². The second-order valence-electron chi connectivity index (χ2n) is 5.95. The molecule has 0 unspecified atom stereocenters. The Morgan fingerprint density at radius 3 is 2.26 bits per heavy atom. The quantitative estimate of drug-likeness (QED) is 0.247. The minimum Gasteiger partial charge on any atom is -0.487 e. The number of nitro groups is 1. The molecule has 0 spiro atoms. The number of hydrogen-bond acceptors (Lipinski definition) is 9. The topological polar surface area (TPSA) is 145 Å². The zero-order valence-electron chi connectivity index (χ0n) is 14.7. The van der Waals surface area contributed by atoms with Gasteiger partial charge in [-0.25, -0.2) is 0 Å². The van der Waals surface area contributed by atoms with E-state index in [4.69, 9.17) is 4.74 Å². The summed E-state index contributed by atoms with van der Waals surface area (Å²) >= 11 is 0. The van der Waals surface area contributed by atoms with Crippen molar-refractivity contribution in [2.45, 2.75) is 6.42 Å². The molecule has 0 saturated heterocycles. The van der Waals surface area contributed by atoms with E-state index in [0.29, 0.717) is 13.0 Å². The van der Waals surface area contributed by atoms with E-state index >= 15 is 0 Å². The van der Waals surface area contributed by atoms with E-state index in [1.54, 1.807) is 0 Å². The van der Waals surface area contributed by atoms with Crippen LogP contribution < -0.4 is 4.74 Å². The SMILES string of the molecule is CN(C)CCCOc1cc2c(cc1[N+](=O)[O-])C(=O)N(CCO[N+](=O)[O-])C2=O. The van der Waals surface area contributed by atoms with E-state index in [1.807, 2.05) is 19.0 Å². The highest BCUT2D eigenvalue weighted by molar-refractivity contribution is 6.21. The molecule has 0 aliphatic carbocycles. The molecule has 1 heterocycles. The zero-order chi connectivity index (χ0) is 20.1. The third-order valence-corrected chi connectivity index (χ3v) is 3.77. The Balaban J connectivity index is 2.21. The molecule has 0 saturated carbocycles. The van der Waals surface area contributed by atoms with Crippen molar-refractivity contribution in [2.24, 2.45) is 0 Å². The smallest absolute Gasteiger partial charge is 0.311 e. The van der Waals surface area contributed by atoms with Crippen LogP contribution in [-0.2, 0) is 4.84 Å². The first kappa shape index (κ1) is 20.0. The van der Waals surface area contributed by atoms with Crippen molar-refractivity contribution in [1.82, 2.24) is 9.80 Å². The second kappa shape index (κ2) is 8.40. The molecular weight excluding hydrogens is 364 g/mol. The van der Waals surface area contributed by atoms with Crippen LogP contribution in [0, 0.1) is 20.2 Å². The highest BCUT2D eigenvalue weighted by Gasteiger charge is 2.38. The lowest BCUT2D eigenvalue weighted by Gasteiger charge is -2.12. The van der Waals surface area contributed by atoms with Gasteiger partial charge in [0.05, 0.1) is 29.2 Å². The van der Waals surface area contributed by atoms with Gasteiger partial charge in [-0.05, 0) is 20.5 Å². The summed E-state index contributed by atoms with van der Waals surface area (Å²) in [6.07, 6.45) is 0.610. The molecule has 1 aromatic carbocycles. The number of carbonyl (C=O) groups is 2. The highest BCUT2D eigenvalue weighted by atomic mass is 16.9. The Kier molecular flexibility index (Phi) is 6.23. The van der Waals surface area contributed by atoms with E-state index in [0.717, 1.165) is 17.0 Å². The van der Waals surface area contributed by atoms with Gasteiger partial charge in [-0.2, -0.15) is 0 Å². The third kappa shape index (κ3) is 4.67. The van der Waals surface area contributed by atoms with Crippen molar-refractivity contribution >= 4 is 17.5 Å². The molecule has 27 heavy (non-hydrogen) atoms. The largest absolute Gasteiger partial charge is 0.487 e. The van der Waals surface area contributed by atoms with Gasteiger partial charge in [-0.1, -0.05) is 0 Å². The molecule has 146 valence electrons. The first-order valence-corrected chi connectivity index (χ1v) is 7.95. The maximum atomic E-state index is 12.4. The predicted molar refractivity (Wildman–Crippen MR) is 90.1 cm³/mol. The van der Waals surface area contributed by atoms with Crippen molar-refractivity contribution in [1.29, 1.82) is 0 Å². The number of carbonyl (C=O) groups excluding carboxylic acids is 2. The minimum atomic E-state index is -1.04. The summed E-state index contributed by atoms with van der Waals surface area (Å²) in [6, 6.07) is 2.16. The number of ether oxygens (including phenoxy) is 1. The van der Waals surface area contributed by atoms with Gasteiger partial charge >= 0.3 is 5.69 Å². The summed E-state index contributed by atoms with van der Waals surface area (Å²) < 4.78 is 5.44. The fourth-order valence-corrected chi connectivity index (χ4v) is 2.54. The van der Waals surface area contributed by atoms with E-state index in [2.05, 4.69) is 4.84 Å². The number of rotatable bonds is 10. The molecule has 0 fully saturated rings. The van der Waals surface area contributed by atoms with Crippen molar-refractivity contribution in [3.8, 4) is 5.75 Å². The molecule has 1 aliphatic heterocycles. The van der Waals surface area contributed by atoms with Gasteiger partial charge < -0.3 is 14.5 Å². The molecule has 12 heteroatoms. The Morgan fingerprint density at radius 1 is 1.07 bits per heavy atom. The fraction of sp³-hybridized carbons (Fsp3) is 0.467. The third-order valence-electron chi connectivity index (χ3n) is 3.77. The van der Waals surface area contributed by atoms with Gasteiger partial charge in [-0.15, -0.1) is 10.1 Å². The number of nitrogens with zero attached hydrogens (tertiary/aromatic N) is 4. The molecular formula is C15H18N4O8.